The Bertz CT molecular complexity index is 902. The first-order valence-corrected chi connectivity index (χ1v) is 9.97. The highest BCUT2D eigenvalue weighted by atomic mass is 15.2. The monoisotopic (exact) mass is 362 g/mol. The number of nitrogens with one attached hydrogen (secondary N) is 2. The lowest BCUT2D eigenvalue weighted by Crippen LogP contribution is -2.43. The molecule has 1 aliphatic heterocycles. The minimum Gasteiger partial charge on any atom is -0.350 e. The minimum absolute atomic E-state index is 0.105. The van der Waals surface area contributed by atoms with E-state index in [4.69, 9.17) is 20.7 Å². The van der Waals surface area contributed by atoms with Crippen molar-refractivity contribution in [2.75, 3.05) is 10.6 Å². The fourth-order valence-corrected chi connectivity index (χ4v) is 4.20. The van der Waals surface area contributed by atoms with Gasteiger partial charge in [0, 0.05) is 24.0 Å². The Morgan fingerprint density at radius 3 is 2.78 bits per heavy atom. The quantitative estimate of drug-likeness (QED) is 0.773. The Hall–Kier alpha value is -2.47. The van der Waals surface area contributed by atoms with Crippen molar-refractivity contribution in [2.45, 2.75) is 63.1 Å². The molecular formula is C21H26N6. The molecule has 27 heavy (non-hydrogen) atoms. The molecule has 0 amide bonds. The number of rotatable bonds is 4. The molecule has 1 aromatic heterocycles. The summed E-state index contributed by atoms with van der Waals surface area (Å²) in [6, 6.07) is 8.72. The number of anilines is 3. The van der Waals surface area contributed by atoms with E-state index in [2.05, 4.69) is 41.8 Å². The molecule has 6 heteroatoms. The van der Waals surface area contributed by atoms with Gasteiger partial charge in [0.2, 0.25) is 5.95 Å². The molecule has 2 heterocycles. The highest BCUT2D eigenvalue weighted by molar-refractivity contribution is 5.93. The predicted molar refractivity (Wildman–Crippen MR) is 109 cm³/mol. The molecule has 0 saturated heterocycles. The summed E-state index contributed by atoms with van der Waals surface area (Å²) in [5, 5.41) is 7.01. The van der Waals surface area contributed by atoms with E-state index < -0.39 is 0 Å². The van der Waals surface area contributed by atoms with Gasteiger partial charge in [-0.15, -0.1) is 0 Å². The third-order valence-electron chi connectivity index (χ3n) is 5.97. The maximum Gasteiger partial charge on any atom is 0.225 e. The van der Waals surface area contributed by atoms with Crippen LogP contribution >= 0.6 is 0 Å². The van der Waals surface area contributed by atoms with Gasteiger partial charge in [0.15, 0.2) is 0 Å². The number of hydrogen-bond donors (Lipinski definition) is 3. The molecule has 1 aromatic carbocycles. The zero-order valence-electron chi connectivity index (χ0n) is 15.7. The van der Waals surface area contributed by atoms with Crippen molar-refractivity contribution in [3.8, 4) is 0 Å². The van der Waals surface area contributed by atoms with Crippen LogP contribution in [0.2, 0.25) is 0 Å². The number of nitrogens with two attached hydrogens (primary N) is 1. The number of nitrogens with zero attached hydrogens (tertiary/aromatic N) is 3. The molecule has 140 valence electrons. The number of hydrogen-bond acceptors (Lipinski definition) is 6. The Balaban J connectivity index is 1.50. The molecule has 0 bridgehead atoms. The van der Waals surface area contributed by atoms with E-state index in [1.807, 2.05) is 6.21 Å². The topological polar surface area (TPSA) is 88.2 Å². The van der Waals surface area contributed by atoms with Crippen LogP contribution < -0.4 is 16.4 Å². The number of fused-ring (bicyclic) bond motifs is 2. The van der Waals surface area contributed by atoms with Crippen LogP contribution in [0.5, 0.6) is 0 Å². The highest BCUT2D eigenvalue weighted by Gasteiger charge is 2.50. The summed E-state index contributed by atoms with van der Waals surface area (Å²) in [6.45, 7) is 2.09. The SMILES string of the molecule is Cc1cccc(Nc2nc(N[C@@H]3CCCC[C@@H]3N)nc3c2C=NC32CC2)c1. The van der Waals surface area contributed by atoms with Crippen LogP contribution in [0, 0.1) is 6.92 Å². The summed E-state index contributed by atoms with van der Waals surface area (Å²) in [6.07, 6.45) is 8.63. The number of aryl methyl sites for hydroxylation is 1. The van der Waals surface area contributed by atoms with Crippen molar-refractivity contribution in [1.82, 2.24) is 9.97 Å². The van der Waals surface area contributed by atoms with Gasteiger partial charge < -0.3 is 16.4 Å². The van der Waals surface area contributed by atoms with Crippen molar-refractivity contribution >= 4 is 23.7 Å². The Morgan fingerprint density at radius 1 is 1.15 bits per heavy atom. The van der Waals surface area contributed by atoms with Gasteiger partial charge in [0.25, 0.3) is 0 Å². The molecule has 2 saturated carbocycles. The molecule has 1 spiro atoms. The van der Waals surface area contributed by atoms with Crippen molar-refractivity contribution in [2.24, 2.45) is 10.7 Å². The van der Waals surface area contributed by atoms with Gasteiger partial charge in [-0.25, -0.2) is 4.98 Å². The van der Waals surface area contributed by atoms with E-state index in [0.717, 1.165) is 48.4 Å². The molecule has 5 rings (SSSR count). The van der Waals surface area contributed by atoms with E-state index in [1.165, 1.54) is 18.4 Å². The second kappa shape index (κ2) is 6.30. The average molecular weight is 362 g/mol. The molecule has 2 fully saturated rings. The van der Waals surface area contributed by atoms with Crippen LogP contribution in [0.4, 0.5) is 17.5 Å². The van der Waals surface area contributed by atoms with Gasteiger partial charge in [0.05, 0.1) is 11.3 Å². The molecule has 3 aliphatic rings. The average Bonchev–Trinajstić information content (AvgIpc) is 3.34. The Kier molecular flexibility index (Phi) is 3.90. The lowest BCUT2D eigenvalue weighted by Gasteiger charge is -2.29. The fraction of sp³-hybridized carbons (Fsp3) is 0.476. The second-order valence-corrected chi connectivity index (χ2v) is 8.14. The third kappa shape index (κ3) is 3.08. The maximum absolute atomic E-state index is 6.33. The molecule has 6 nitrogen and oxygen atoms in total. The number of benzene rings is 1. The van der Waals surface area contributed by atoms with Crippen molar-refractivity contribution < 1.29 is 0 Å². The van der Waals surface area contributed by atoms with Crippen LogP contribution in [0.25, 0.3) is 0 Å². The Morgan fingerprint density at radius 2 is 2.00 bits per heavy atom. The van der Waals surface area contributed by atoms with Crippen molar-refractivity contribution in [3.63, 3.8) is 0 Å². The summed E-state index contributed by atoms with van der Waals surface area (Å²) in [7, 11) is 0. The van der Waals surface area contributed by atoms with Gasteiger partial charge in [-0.3, -0.25) is 4.99 Å². The van der Waals surface area contributed by atoms with Crippen LogP contribution in [-0.2, 0) is 5.54 Å². The van der Waals surface area contributed by atoms with Crippen LogP contribution in [0.3, 0.4) is 0 Å². The van der Waals surface area contributed by atoms with E-state index in [1.54, 1.807) is 0 Å². The van der Waals surface area contributed by atoms with Gasteiger partial charge in [-0.05, 0) is 50.3 Å². The van der Waals surface area contributed by atoms with Gasteiger partial charge in [-0.1, -0.05) is 25.0 Å². The first-order valence-electron chi connectivity index (χ1n) is 9.97. The minimum atomic E-state index is -0.105. The zero-order valence-corrected chi connectivity index (χ0v) is 15.7. The fourth-order valence-electron chi connectivity index (χ4n) is 4.20. The van der Waals surface area contributed by atoms with E-state index in [-0.39, 0.29) is 17.6 Å². The Labute approximate surface area is 159 Å². The summed E-state index contributed by atoms with van der Waals surface area (Å²) in [5.41, 5.74) is 10.5. The van der Waals surface area contributed by atoms with Gasteiger partial charge in [0.1, 0.15) is 11.4 Å². The molecule has 2 atom stereocenters. The van der Waals surface area contributed by atoms with Crippen molar-refractivity contribution in [1.29, 1.82) is 0 Å². The molecule has 4 N–H and O–H groups in total. The molecule has 2 aliphatic carbocycles. The van der Waals surface area contributed by atoms with E-state index in [9.17, 15) is 0 Å². The summed E-state index contributed by atoms with van der Waals surface area (Å²) in [4.78, 5) is 14.4. The molecule has 0 radical (unpaired) electrons. The zero-order chi connectivity index (χ0) is 18.4. The molecular weight excluding hydrogens is 336 g/mol. The summed E-state index contributed by atoms with van der Waals surface area (Å²) < 4.78 is 0. The molecule has 2 aromatic rings. The number of aromatic nitrogens is 2. The third-order valence-corrected chi connectivity index (χ3v) is 5.97. The van der Waals surface area contributed by atoms with Gasteiger partial charge >= 0.3 is 0 Å². The standard InChI is InChI=1S/C21H26N6/c1-13-5-4-6-14(11-13)24-19-15-12-23-21(9-10-21)18(15)26-20(27-19)25-17-8-3-2-7-16(17)22/h4-6,11-12,16-17H,2-3,7-10,22H2,1H3,(H2,24,25,26,27)/t16-,17+/m0/s1. The number of aliphatic imine (C=N–C) groups is 1. The first-order chi connectivity index (χ1) is 13.1. The summed E-state index contributed by atoms with van der Waals surface area (Å²) in [5.74, 6) is 1.49. The van der Waals surface area contributed by atoms with Gasteiger partial charge in [-0.2, -0.15) is 4.98 Å². The second-order valence-electron chi connectivity index (χ2n) is 8.14. The van der Waals surface area contributed by atoms with E-state index >= 15 is 0 Å². The smallest absolute Gasteiger partial charge is 0.225 e. The summed E-state index contributed by atoms with van der Waals surface area (Å²) >= 11 is 0. The largest absolute Gasteiger partial charge is 0.350 e. The normalized spacial score (nSPS) is 24.7. The lowest BCUT2D eigenvalue weighted by atomic mass is 9.91. The molecule has 0 unspecified atom stereocenters. The predicted octanol–water partition coefficient (Wildman–Crippen LogP) is 3.63. The van der Waals surface area contributed by atoms with Crippen LogP contribution in [-0.4, -0.2) is 28.3 Å². The van der Waals surface area contributed by atoms with E-state index in [0.29, 0.717) is 5.95 Å². The first kappa shape index (κ1) is 16.7. The maximum atomic E-state index is 6.33. The van der Waals surface area contributed by atoms with Crippen molar-refractivity contribution in [3.05, 3.63) is 41.1 Å². The van der Waals surface area contributed by atoms with Crippen LogP contribution in [0.1, 0.15) is 55.3 Å². The lowest BCUT2D eigenvalue weighted by molar-refractivity contribution is 0.402. The van der Waals surface area contributed by atoms with Crippen LogP contribution in [0.15, 0.2) is 29.3 Å². The highest BCUT2D eigenvalue weighted by Crippen LogP contribution is 2.53.